The predicted octanol–water partition coefficient (Wildman–Crippen LogP) is 0.270. The minimum atomic E-state index is -0.359. The van der Waals surface area contributed by atoms with Crippen LogP contribution in [0.2, 0.25) is 0 Å². The van der Waals surface area contributed by atoms with Crippen molar-refractivity contribution < 1.29 is 23.8 Å². The first kappa shape index (κ1) is 11.0. The van der Waals surface area contributed by atoms with Crippen molar-refractivity contribution in [2.45, 2.75) is 32.5 Å². The maximum Gasteiger partial charge on any atom is 0.302 e. The number of ether oxygens (including phenoxy) is 3. The highest BCUT2D eigenvalue weighted by Crippen LogP contribution is 2.17. The second-order valence-electron chi connectivity index (χ2n) is 3.15. The molecule has 5 heteroatoms. The Morgan fingerprint density at radius 2 is 2.07 bits per heavy atom. The van der Waals surface area contributed by atoms with Crippen molar-refractivity contribution in [3.63, 3.8) is 0 Å². The van der Waals surface area contributed by atoms with Gasteiger partial charge in [0.1, 0.15) is 18.8 Å². The molecule has 1 saturated heterocycles. The molecule has 0 saturated carbocycles. The number of hydrogen-bond donors (Lipinski definition) is 0. The molecule has 1 aliphatic rings. The van der Waals surface area contributed by atoms with Crippen LogP contribution in [0.5, 0.6) is 0 Å². The van der Waals surface area contributed by atoms with Crippen molar-refractivity contribution in [3.05, 3.63) is 0 Å². The summed E-state index contributed by atoms with van der Waals surface area (Å²) in [5.74, 6) is -0.699. The monoisotopic (exact) mass is 202 g/mol. The summed E-state index contributed by atoms with van der Waals surface area (Å²) in [6.07, 6.45) is 0.0561. The molecule has 0 aliphatic carbocycles. The molecule has 0 aromatic rings. The maximum absolute atomic E-state index is 10.7. The van der Waals surface area contributed by atoms with Crippen molar-refractivity contribution in [2.75, 3.05) is 13.2 Å². The van der Waals surface area contributed by atoms with Gasteiger partial charge in [0, 0.05) is 20.3 Å². The van der Waals surface area contributed by atoms with Gasteiger partial charge < -0.3 is 14.2 Å². The van der Waals surface area contributed by atoms with E-state index >= 15 is 0 Å². The maximum atomic E-state index is 10.7. The van der Waals surface area contributed by atoms with Gasteiger partial charge in [0.15, 0.2) is 0 Å². The van der Waals surface area contributed by atoms with Crippen LogP contribution >= 0.6 is 0 Å². The van der Waals surface area contributed by atoms with Crippen LogP contribution in [0.3, 0.4) is 0 Å². The summed E-state index contributed by atoms with van der Waals surface area (Å²) < 4.78 is 15.0. The van der Waals surface area contributed by atoms with E-state index in [1.165, 1.54) is 13.8 Å². The Morgan fingerprint density at radius 1 is 1.36 bits per heavy atom. The Labute approximate surface area is 82.3 Å². The molecule has 80 valence electrons. The third kappa shape index (κ3) is 3.33. The standard InChI is InChI=1S/C9H14O5/c1-6(10)13-5-9-8(3-4-12-9)14-7(2)11/h8-9H,3-5H2,1-2H3/t8-,9-/m1/s1. The van der Waals surface area contributed by atoms with E-state index in [2.05, 4.69) is 0 Å². The summed E-state index contributed by atoms with van der Waals surface area (Å²) in [7, 11) is 0. The summed E-state index contributed by atoms with van der Waals surface area (Å²) in [5, 5.41) is 0. The summed E-state index contributed by atoms with van der Waals surface area (Å²) in [5.41, 5.74) is 0. The van der Waals surface area contributed by atoms with Crippen LogP contribution in [0.1, 0.15) is 20.3 Å². The molecule has 0 spiro atoms. The summed E-state index contributed by atoms with van der Waals surface area (Å²) in [6, 6.07) is 0. The second-order valence-corrected chi connectivity index (χ2v) is 3.15. The lowest BCUT2D eigenvalue weighted by Crippen LogP contribution is -2.31. The van der Waals surface area contributed by atoms with E-state index in [1.54, 1.807) is 0 Å². The highest BCUT2D eigenvalue weighted by Gasteiger charge is 2.31. The van der Waals surface area contributed by atoms with Gasteiger partial charge in [-0.1, -0.05) is 0 Å². The molecule has 0 radical (unpaired) electrons. The van der Waals surface area contributed by atoms with Crippen LogP contribution in [0.15, 0.2) is 0 Å². The molecule has 0 amide bonds. The van der Waals surface area contributed by atoms with Gasteiger partial charge in [-0.2, -0.15) is 0 Å². The van der Waals surface area contributed by atoms with Crippen LogP contribution in [0.4, 0.5) is 0 Å². The van der Waals surface area contributed by atoms with Crippen molar-refractivity contribution in [3.8, 4) is 0 Å². The summed E-state index contributed by atoms with van der Waals surface area (Å²) >= 11 is 0. The topological polar surface area (TPSA) is 61.8 Å². The van der Waals surface area contributed by atoms with Crippen LogP contribution in [-0.2, 0) is 23.8 Å². The molecule has 1 fully saturated rings. The lowest BCUT2D eigenvalue weighted by Gasteiger charge is -2.17. The van der Waals surface area contributed by atoms with E-state index in [4.69, 9.17) is 14.2 Å². The quantitative estimate of drug-likeness (QED) is 0.615. The van der Waals surface area contributed by atoms with Gasteiger partial charge >= 0.3 is 11.9 Å². The molecule has 5 nitrogen and oxygen atoms in total. The van der Waals surface area contributed by atoms with Gasteiger partial charge in [-0.05, 0) is 0 Å². The van der Waals surface area contributed by atoms with Gasteiger partial charge in [0.25, 0.3) is 0 Å². The smallest absolute Gasteiger partial charge is 0.302 e. The Hall–Kier alpha value is -1.10. The fraction of sp³-hybridized carbons (Fsp3) is 0.778. The summed E-state index contributed by atoms with van der Waals surface area (Å²) in [6.45, 7) is 3.36. The molecule has 1 heterocycles. The normalized spacial score (nSPS) is 25.9. The molecular formula is C9H14O5. The van der Waals surface area contributed by atoms with Crippen LogP contribution < -0.4 is 0 Å². The SMILES string of the molecule is CC(=O)OC[C@H]1OCC[C@H]1OC(C)=O. The lowest BCUT2D eigenvalue weighted by molar-refractivity contribution is -0.154. The molecule has 0 N–H and O–H groups in total. The highest BCUT2D eigenvalue weighted by molar-refractivity contribution is 5.66. The van der Waals surface area contributed by atoms with Gasteiger partial charge in [-0.3, -0.25) is 9.59 Å². The molecular weight excluding hydrogens is 188 g/mol. The third-order valence-corrected chi connectivity index (χ3v) is 1.92. The highest BCUT2D eigenvalue weighted by atomic mass is 16.6. The fourth-order valence-electron chi connectivity index (χ4n) is 1.33. The third-order valence-electron chi connectivity index (χ3n) is 1.92. The Kier molecular flexibility index (Phi) is 3.88. The van der Waals surface area contributed by atoms with Gasteiger partial charge in [0.2, 0.25) is 0 Å². The molecule has 2 atom stereocenters. The first-order valence-corrected chi connectivity index (χ1v) is 4.52. The molecule has 1 aliphatic heterocycles. The number of hydrogen-bond acceptors (Lipinski definition) is 5. The molecule has 0 bridgehead atoms. The zero-order valence-electron chi connectivity index (χ0n) is 8.32. The lowest BCUT2D eigenvalue weighted by atomic mass is 10.2. The van der Waals surface area contributed by atoms with Crippen molar-refractivity contribution in [2.24, 2.45) is 0 Å². The molecule has 14 heavy (non-hydrogen) atoms. The average molecular weight is 202 g/mol. The van der Waals surface area contributed by atoms with Crippen LogP contribution in [-0.4, -0.2) is 37.4 Å². The van der Waals surface area contributed by atoms with Crippen molar-refractivity contribution >= 4 is 11.9 Å². The van der Waals surface area contributed by atoms with E-state index in [0.29, 0.717) is 13.0 Å². The minimum absolute atomic E-state index is 0.146. The van der Waals surface area contributed by atoms with E-state index < -0.39 is 0 Å². The van der Waals surface area contributed by atoms with Gasteiger partial charge in [-0.25, -0.2) is 0 Å². The number of rotatable bonds is 3. The molecule has 1 rings (SSSR count). The summed E-state index contributed by atoms with van der Waals surface area (Å²) in [4.78, 5) is 21.2. The van der Waals surface area contributed by atoms with E-state index in [0.717, 1.165) is 0 Å². The number of carbonyl (C=O) groups excluding carboxylic acids is 2. The van der Waals surface area contributed by atoms with Gasteiger partial charge in [-0.15, -0.1) is 0 Å². The Balaban J connectivity index is 2.35. The number of esters is 2. The zero-order chi connectivity index (χ0) is 10.6. The molecule has 0 aromatic heterocycles. The average Bonchev–Trinajstić information content (AvgIpc) is 2.47. The molecule has 0 unspecified atom stereocenters. The van der Waals surface area contributed by atoms with Crippen LogP contribution in [0.25, 0.3) is 0 Å². The Morgan fingerprint density at radius 3 is 2.64 bits per heavy atom. The van der Waals surface area contributed by atoms with E-state index in [-0.39, 0.29) is 30.8 Å². The zero-order valence-corrected chi connectivity index (χ0v) is 8.32. The second kappa shape index (κ2) is 4.95. The first-order chi connectivity index (χ1) is 6.59. The Bertz CT molecular complexity index is 225. The largest absolute Gasteiger partial charge is 0.463 e. The predicted molar refractivity (Wildman–Crippen MR) is 46.5 cm³/mol. The fourth-order valence-corrected chi connectivity index (χ4v) is 1.33. The van der Waals surface area contributed by atoms with Crippen molar-refractivity contribution in [1.29, 1.82) is 0 Å². The minimum Gasteiger partial charge on any atom is -0.463 e. The van der Waals surface area contributed by atoms with E-state index in [9.17, 15) is 9.59 Å². The first-order valence-electron chi connectivity index (χ1n) is 4.52. The van der Waals surface area contributed by atoms with Crippen LogP contribution in [0, 0.1) is 0 Å². The number of carbonyl (C=O) groups is 2. The molecule has 0 aromatic carbocycles. The van der Waals surface area contributed by atoms with E-state index in [1.807, 2.05) is 0 Å². The van der Waals surface area contributed by atoms with Crippen molar-refractivity contribution in [1.82, 2.24) is 0 Å². The van der Waals surface area contributed by atoms with Gasteiger partial charge in [0.05, 0.1) is 6.61 Å².